The molecule has 0 saturated carbocycles. The van der Waals surface area contributed by atoms with Crippen LogP contribution in [0.2, 0.25) is 5.02 Å². The number of nitrogens with zero attached hydrogens (tertiary/aromatic N) is 1. The summed E-state index contributed by atoms with van der Waals surface area (Å²) in [6.45, 7) is -0.0389. The number of H-pyrrole nitrogens is 1. The van der Waals surface area contributed by atoms with Crippen molar-refractivity contribution in [3.05, 3.63) is 51.5 Å². The summed E-state index contributed by atoms with van der Waals surface area (Å²) in [7, 11) is 1.48. The highest BCUT2D eigenvalue weighted by atomic mass is 79.9. The van der Waals surface area contributed by atoms with E-state index in [0.29, 0.717) is 21.8 Å². The number of aliphatic hydroxyl groups excluding tert-OH is 1. The lowest BCUT2D eigenvalue weighted by Gasteiger charge is -2.19. The Morgan fingerprint density at radius 2 is 2.23 bits per heavy atom. The smallest absolute Gasteiger partial charge is 0.174 e. The number of hydrogen-bond donors (Lipinski definition) is 3. The number of hydrogen-bond acceptors (Lipinski definition) is 5. The average molecular weight is 445 g/mol. The Balaban J connectivity index is 2.03. The van der Waals surface area contributed by atoms with Crippen LogP contribution < -0.4 is 5.32 Å². The Labute approximate surface area is 162 Å². The standard InChI is InChI=1S/C17H16BrClFN3O3/c1-25-8-26-6-14(24)10-5-13-17(22-7-21-13)15(20)16(10)23-12-3-2-9(18)4-11(12)19/h2-5,7,14,23-24H,6,8H2,1H3,(H,21,22). The number of imidazole rings is 1. The number of aromatic amines is 1. The highest BCUT2D eigenvalue weighted by Gasteiger charge is 2.21. The van der Waals surface area contributed by atoms with Gasteiger partial charge < -0.3 is 24.9 Å². The quantitative estimate of drug-likeness (QED) is 0.369. The van der Waals surface area contributed by atoms with E-state index < -0.39 is 11.9 Å². The van der Waals surface area contributed by atoms with Crippen molar-refractivity contribution in [2.75, 3.05) is 25.8 Å². The SMILES string of the molecule is COCOCC(O)c1cc2[nH]cnc2c(F)c1Nc1ccc(Br)cc1Cl. The van der Waals surface area contributed by atoms with Crippen LogP contribution in [0.4, 0.5) is 15.8 Å². The molecular weight excluding hydrogens is 429 g/mol. The van der Waals surface area contributed by atoms with Gasteiger partial charge in [-0.05, 0) is 24.3 Å². The summed E-state index contributed by atoms with van der Waals surface area (Å²) in [5.74, 6) is -0.594. The highest BCUT2D eigenvalue weighted by molar-refractivity contribution is 9.10. The fraction of sp³-hybridized carbons (Fsp3) is 0.235. The third-order valence-corrected chi connectivity index (χ3v) is 4.52. The molecule has 1 heterocycles. The topological polar surface area (TPSA) is 79.4 Å². The Morgan fingerprint density at radius 1 is 1.42 bits per heavy atom. The molecular formula is C17H16BrClFN3O3. The maximum Gasteiger partial charge on any atom is 0.174 e. The van der Waals surface area contributed by atoms with E-state index in [9.17, 15) is 5.11 Å². The third kappa shape index (κ3) is 3.99. The van der Waals surface area contributed by atoms with Gasteiger partial charge in [0, 0.05) is 17.1 Å². The van der Waals surface area contributed by atoms with E-state index in [-0.39, 0.29) is 24.6 Å². The van der Waals surface area contributed by atoms with Gasteiger partial charge in [-0.15, -0.1) is 0 Å². The van der Waals surface area contributed by atoms with Gasteiger partial charge in [-0.25, -0.2) is 9.37 Å². The molecule has 1 aromatic heterocycles. The van der Waals surface area contributed by atoms with Crippen molar-refractivity contribution < 1.29 is 19.0 Å². The largest absolute Gasteiger partial charge is 0.386 e. The van der Waals surface area contributed by atoms with E-state index in [1.54, 1.807) is 24.3 Å². The van der Waals surface area contributed by atoms with Crippen LogP contribution in [0, 0.1) is 5.82 Å². The molecule has 0 amide bonds. The number of aliphatic hydroxyl groups is 1. The van der Waals surface area contributed by atoms with Gasteiger partial charge in [0.25, 0.3) is 0 Å². The summed E-state index contributed by atoms with van der Waals surface area (Å²) in [6.07, 6.45) is 0.311. The fourth-order valence-corrected chi connectivity index (χ4v) is 3.23. The molecule has 0 radical (unpaired) electrons. The first-order valence-corrected chi connectivity index (χ1v) is 8.80. The van der Waals surface area contributed by atoms with Crippen molar-refractivity contribution in [2.45, 2.75) is 6.10 Å². The van der Waals surface area contributed by atoms with Crippen LogP contribution in [0.15, 0.2) is 35.1 Å². The molecule has 0 aliphatic carbocycles. The van der Waals surface area contributed by atoms with Gasteiger partial charge in [-0.2, -0.15) is 0 Å². The lowest BCUT2D eigenvalue weighted by Crippen LogP contribution is -2.12. The molecule has 2 aromatic carbocycles. The normalized spacial score (nSPS) is 12.5. The minimum Gasteiger partial charge on any atom is -0.386 e. The second-order valence-corrected chi connectivity index (χ2v) is 6.82. The maximum absolute atomic E-state index is 15.0. The number of halogens is 3. The molecule has 3 N–H and O–H groups in total. The number of nitrogens with one attached hydrogen (secondary N) is 2. The molecule has 3 aromatic rings. The first-order valence-electron chi connectivity index (χ1n) is 7.63. The lowest BCUT2D eigenvalue weighted by molar-refractivity contribution is -0.0620. The van der Waals surface area contributed by atoms with Crippen LogP contribution in [-0.2, 0) is 9.47 Å². The van der Waals surface area contributed by atoms with E-state index in [2.05, 4.69) is 31.2 Å². The zero-order valence-corrected chi connectivity index (χ0v) is 16.1. The second-order valence-electron chi connectivity index (χ2n) is 5.50. The number of methoxy groups -OCH3 is 1. The molecule has 0 spiro atoms. The zero-order chi connectivity index (χ0) is 18.7. The van der Waals surface area contributed by atoms with Crippen molar-refractivity contribution in [2.24, 2.45) is 0 Å². The fourth-order valence-electron chi connectivity index (χ4n) is 2.51. The third-order valence-electron chi connectivity index (χ3n) is 3.71. The predicted molar refractivity (Wildman–Crippen MR) is 101 cm³/mol. The lowest BCUT2D eigenvalue weighted by atomic mass is 10.0. The average Bonchev–Trinajstić information content (AvgIpc) is 3.08. The van der Waals surface area contributed by atoms with Gasteiger partial charge >= 0.3 is 0 Å². The maximum atomic E-state index is 15.0. The molecule has 3 rings (SSSR count). The van der Waals surface area contributed by atoms with Gasteiger partial charge in [0.15, 0.2) is 5.82 Å². The Morgan fingerprint density at radius 3 is 2.96 bits per heavy atom. The summed E-state index contributed by atoms with van der Waals surface area (Å²) in [4.78, 5) is 6.83. The number of benzene rings is 2. The van der Waals surface area contributed by atoms with Crippen LogP contribution in [-0.4, -0.2) is 35.6 Å². The summed E-state index contributed by atoms with van der Waals surface area (Å²) < 4.78 is 25.8. The van der Waals surface area contributed by atoms with E-state index in [1.807, 2.05) is 0 Å². The van der Waals surface area contributed by atoms with Crippen LogP contribution in [0.3, 0.4) is 0 Å². The van der Waals surface area contributed by atoms with Gasteiger partial charge in [-0.3, -0.25) is 0 Å². The van der Waals surface area contributed by atoms with Crippen LogP contribution >= 0.6 is 27.5 Å². The van der Waals surface area contributed by atoms with Crippen molar-refractivity contribution in [1.29, 1.82) is 0 Å². The molecule has 26 heavy (non-hydrogen) atoms. The molecule has 0 saturated heterocycles. The van der Waals surface area contributed by atoms with E-state index in [0.717, 1.165) is 4.47 Å². The summed E-state index contributed by atoms with van der Waals surface area (Å²) in [5.41, 5.74) is 1.52. The van der Waals surface area contributed by atoms with Crippen molar-refractivity contribution in [3.63, 3.8) is 0 Å². The Hall–Kier alpha value is -1.71. The molecule has 138 valence electrons. The Bertz CT molecular complexity index is 922. The van der Waals surface area contributed by atoms with Crippen LogP contribution in [0.25, 0.3) is 11.0 Å². The Kier molecular flexibility index (Phi) is 6.10. The van der Waals surface area contributed by atoms with Crippen molar-refractivity contribution in [3.8, 4) is 0 Å². The van der Waals surface area contributed by atoms with Crippen molar-refractivity contribution >= 4 is 49.9 Å². The number of aromatic nitrogens is 2. The molecule has 9 heteroatoms. The molecule has 0 bridgehead atoms. The van der Waals surface area contributed by atoms with Gasteiger partial charge in [0.1, 0.15) is 18.4 Å². The van der Waals surface area contributed by atoms with E-state index >= 15 is 4.39 Å². The first kappa shape index (κ1) is 19.1. The zero-order valence-electron chi connectivity index (χ0n) is 13.7. The van der Waals surface area contributed by atoms with Gasteiger partial charge in [0.2, 0.25) is 0 Å². The number of anilines is 2. The van der Waals surface area contributed by atoms with E-state index in [4.69, 9.17) is 21.1 Å². The van der Waals surface area contributed by atoms with Gasteiger partial charge in [-0.1, -0.05) is 27.5 Å². The molecule has 0 fully saturated rings. The molecule has 0 aliphatic heterocycles. The molecule has 0 aliphatic rings. The van der Waals surface area contributed by atoms with Crippen LogP contribution in [0.1, 0.15) is 11.7 Å². The number of rotatable bonds is 7. The molecule has 6 nitrogen and oxygen atoms in total. The summed E-state index contributed by atoms with van der Waals surface area (Å²) in [6, 6.07) is 6.79. The van der Waals surface area contributed by atoms with Gasteiger partial charge in [0.05, 0.1) is 34.8 Å². The summed E-state index contributed by atoms with van der Waals surface area (Å²) >= 11 is 9.55. The number of ether oxygens (including phenoxy) is 2. The minimum absolute atomic E-state index is 0.0210. The van der Waals surface area contributed by atoms with Crippen LogP contribution in [0.5, 0.6) is 0 Å². The molecule has 1 atom stereocenters. The van der Waals surface area contributed by atoms with Crippen molar-refractivity contribution in [1.82, 2.24) is 9.97 Å². The highest BCUT2D eigenvalue weighted by Crippen LogP contribution is 2.36. The second kappa shape index (κ2) is 8.32. The first-order chi connectivity index (χ1) is 12.5. The number of fused-ring (bicyclic) bond motifs is 1. The molecule has 1 unspecified atom stereocenters. The minimum atomic E-state index is -1.08. The monoisotopic (exact) mass is 443 g/mol. The summed E-state index contributed by atoms with van der Waals surface area (Å²) in [5, 5.41) is 13.8. The van der Waals surface area contributed by atoms with E-state index in [1.165, 1.54) is 13.4 Å². The predicted octanol–water partition coefficient (Wildman–Crippen LogP) is 4.52.